The van der Waals surface area contributed by atoms with Crippen molar-refractivity contribution in [3.05, 3.63) is 36.7 Å². The number of carboxylic acids is 1. The third kappa shape index (κ3) is 7.37. The largest absolute Gasteiger partial charge is 0.490 e. The Labute approximate surface area is 188 Å². The molecule has 2 aromatic heterocycles. The molecule has 2 fully saturated rings. The van der Waals surface area contributed by atoms with Gasteiger partial charge in [0.15, 0.2) is 0 Å². The van der Waals surface area contributed by atoms with Gasteiger partial charge in [0.05, 0.1) is 26.4 Å². The lowest BCUT2D eigenvalue weighted by molar-refractivity contribution is -0.192. The van der Waals surface area contributed by atoms with Crippen molar-refractivity contribution in [2.45, 2.75) is 24.7 Å². The number of hydrogen-bond donors (Lipinski definition) is 2. The van der Waals surface area contributed by atoms with Gasteiger partial charge in [0.25, 0.3) is 0 Å². The second-order valence-electron chi connectivity index (χ2n) is 8.04. The number of alkyl halides is 3. The molecule has 0 saturated carbocycles. The first-order chi connectivity index (χ1) is 15.7. The second kappa shape index (κ2) is 10.9. The van der Waals surface area contributed by atoms with Crippen LogP contribution >= 0.6 is 0 Å². The van der Waals surface area contributed by atoms with Crippen molar-refractivity contribution in [1.82, 2.24) is 24.4 Å². The van der Waals surface area contributed by atoms with Gasteiger partial charge in [-0.25, -0.2) is 19.7 Å². The summed E-state index contributed by atoms with van der Waals surface area (Å²) in [5.74, 6) is -0.593. The lowest BCUT2D eigenvalue weighted by atomic mass is 9.94. The number of rotatable bonds is 5. The average Bonchev–Trinajstić information content (AvgIpc) is 3.29. The molecule has 33 heavy (non-hydrogen) atoms. The van der Waals surface area contributed by atoms with E-state index in [0.717, 1.165) is 51.6 Å². The highest BCUT2D eigenvalue weighted by Gasteiger charge is 2.43. The van der Waals surface area contributed by atoms with Gasteiger partial charge in [-0.05, 0) is 12.5 Å². The summed E-state index contributed by atoms with van der Waals surface area (Å²) in [4.78, 5) is 24.2. The number of imidazole rings is 1. The number of aromatic nitrogens is 4. The predicted molar refractivity (Wildman–Crippen MR) is 110 cm³/mol. The first kappa shape index (κ1) is 24.9. The number of carboxylic acid groups (broad SMARTS) is 1. The molecule has 0 aromatic carbocycles. The molecule has 0 radical (unpaired) electrons. The van der Waals surface area contributed by atoms with Gasteiger partial charge >= 0.3 is 12.1 Å². The zero-order valence-electron chi connectivity index (χ0n) is 18.2. The van der Waals surface area contributed by atoms with Gasteiger partial charge in [-0.15, -0.1) is 0 Å². The number of aliphatic carboxylic acids is 1. The van der Waals surface area contributed by atoms with Crippen LogP contribution in [0.3, 0.4) is 0 Å². The molecule has 182 valence electrons. The Kier molecular flexibility index (Phi) is 8.21. The van der Waals surface area contributed by atoms with Crippen LogP contribution in [0.15, 0.2) is 30.9 Å². The minimum atomic E-state index is -5.08. The summed E-state index contributed by atoms with van der Waals surface area (Å²) in [6.07, 6.45) is 3.22. The van der Waals surface area contributed by atoms with E-state index in [4.69, 9.17) is 19.4 Å². The molecule has 10 nitrogen and oxygen atoms in total. The van der Waals surface area contributed by atoms with Crippen LogP contribution < -0.4 is 5.32 Å². The van der Waals surface area contributed by atoms with Crippen LogP contribution in [0.4, 0.5) is 19.1 Å². The lowest BCUT2D eigenvalue weighted by Gasteiger charge is -2.31. The van der Waals surface area contributed by atoms with Crippen LogP contribution in [-0.4, -0.2) is 86.7 Å². The van der Waals surface area contributed by atoms with E-state index in [9.17, 15) is 13.2 Å². The molecule has 0 bridgehead atoms. The molecule has 1 spiro atoms. The molecular formula is C20H27F3N6O4. The molecule has 2 saturated heterocycles. The number of nitrogens with one attached hydrogen (secondary N) is 1. The number of ether oxygens (including phenoxy) is 2. The van der Waals surface area contributed by atoms with Gasteiger partial charge in [0, 0.05) is 57.4 Å². The van der Waals surface area contributed by atoms with E-state index < -0.39 is 12.1 Å². The molecule has 2 atom stereocenters. The maximum atomic E-state index is 10.6. The standard InChI is InChI=1S/C18H26N6O2.C2HF3O2/c1-23-6-5-19-16(23)11-24-7-8-25-14-18(13-24)9-15(12-26-18)10-22-17-20-3-2-4-21-17;3-2(4,5)1(6)7/h2-6,15H,7-14H2,1H3,(H,20,21,22);(H,6,7). The molecule has 2 aliphatic heterocycles. The second-order valence-corrected chi connectivity index (χ2v) is 8.04. The smallest absolute Gasteiger partial charge is 0.475 e. The first-order valence-corrected chi connectivity index (χ1v) is 10.4. The van der Waals surface area contributed by atoms with Crippen molar-refractivity contribution in [1.29, 1.82) is 0 Å². The van der Waals surface area contributed by atoms with Crippen molar-refractivity contribution in [3.63, 3.8) is 0 Å². The molecule has 2 aromatic rings. The zero-order chi connectivity index (χ0) is 23.9. The molecule has 2 unspecified atom stereocenters. The molecular weight excluding hydrogens is 445 g/mol. The summed E-state index contributed by atoms with van der Waals surface area (Å²) >= 11 is 0. The number of nitrogens with zero attached hydrogens (tertiary/aromatic N) is 5. The van der Waals surface area contributed by atoms with E-state index in [2.05, 4.69) is 29.7 Å². The number of anilines is 1. The van der Waals surface area contributed by atoms with Crippen LogP contribution in [-0.2, 0) is 27.9 Å². The third-order valence-corrected chi connectivity index (χ3v) is 5.36. The van der Waals surface area contributed by atoms with Crippen molar-refractivity contribution in [2.24, 2.45) is 13.0 Å². The summed E-state index contributed by atoms with van der Waals surface area (Å²) in [6, 6.07) is 1.82. The van der Waals surface area contributed by atoms with Crippen molar-refractivity contribution >= 4 is 11.9 Å². The molecule has 4 heterocycles. The van der Waals surface area contributed by atoms with Crippen LogP contribution in [0, 0.1) is 5.92 Å². The van der Waals surface area contributed by atoms with Crippen LogP contribution in [0.2, 0.25) is 0 Å². The minimum absolute atomic E-state index is 0.231. The highest BCUT2D eigenvalue weighted by atomic mass is 19.4. The number of carbonyl (C=O) groups is 1. The van der Waals surface area contributed by atoms with E-state index in [1.54, 1.807) is 12.4 Å². The fourth-order valence-electron chi connectivity index (χ4n) is 3.77. The molecule has 0 aliphatic carbocycles. The summed E-state index contributed by atoms with van der Waals surface area (Å²) in [5.41, 5.74) is -0.231. The summed E-state index contributed by atoms with van der Waals surface area (Å²) in [7, 11) is 2.03. The molecule has 2 aliphatic rings. The van der Waals surface area contributed by atoms with Crippen molar-refractivity contribution in [3.8, 4) is 0 Å². The zero-order valence-corrected chi connectivity index (χ0v) is 18.2. The number of hydrogen-bond acceptors (Lipinski definition) is 8. The van der Waals surface area contributed by atoms with Gasteiger partial charge in [-0.1, -0.05) is 0 Å². The normalized spacial score (nSPS) is 23.6. The maximum absolute atomic E-state index is 10.6. The van der Waals surface area contributed by atoms with Crippen LogP contribution in [0.5, 0.6) is 0 Å². The fraction of sp³-hybridized carbons (Fsp3) is 0.600. The summed E-state index contributed by atoms with van der Waals surface area (Å²) in [6.45, 7) is 5.53. The number of aryl methyl sites for hydroxylation is 1. The van der Waals surface area contributed by atoms with Gasteiger partial charge in [0.2, 0.25) is 5.95 Å². The Morgan fingerprint density at radius 1 is 1.30 bits per heavy atom. The summed E-state index contributed by atoms with van der Waals surface area (Å²) in [5, 5.41) is 10.4. The molecule has 2 N–H and O–H groups in total. The van der Waals surface area contributed by atoms with E-state index in [1.807, 2.05) is 25.5 Å². The fourth-order valence-corrected chi connectivity index (χ4v) is 3.77. The average molecular weight is 472 g/mol. The molecule has 13 heteroatoms. The Hall–Kier alpha value is -2.77. The monoisotopic (exact) mass is 472 g/mol. The lowest BCUT2D eigenvalue weighted by Crippen LogP contribution is -2.44. The van der Waals surface area contributed by atoms with E-state index >= 15 is 0 Å². The van der Waals surface area contributed by atoms with Gasteiger partial charge in [0.1, 0.15) is 11.4 Å². The maximum Gasteiger partial charge on any atom is 0.490 e. The quantitative estimate of drug-likeness (QED) is 0.669. The van der Waals surface area contributed by atoms with Crippen LogP contribution in [0.1, 0.15) is 12.2 Å². The van der Waals surface area contributed by atoms with E-state index in [1.165, 1.54) is 0 Å². The van der Waals surface area contributed by atoms with Crippen molar-refractivity contribution in [2.75, 3.05) is 44.8 Å². The highest BCUT2D eigenvalue weighted by Crippen LogP contribution is 2.33. The van der Waals surface area contributed by atoms with E-state index in [-0.39, 0.29) is 5.60 Å². The molecule has 4 rings (SSSR count). The van der Waals surface area contributed by atoms with Crippen molar-refractivity contribution < 1.29 is 32.5 Å². The Bertz CT molecular complexity index is 897. The Morgan fingerprint density at radius 3 is 2.67 bits per heavy atom. The van der Waals surface area contributed by atoms with Gasteiger partial charge in [-0.3, -0.25) is 4.90 Å². The Morgan fingerprint density at radius 2 is 2.03 bits per heavy atom. The minimum Gasteiger partial charge on any atom is -0.475 e. The Balaban J connectivity index is 0.000000383. The van der Waals surface area contributed by atoms with E-state index in [0.29, 0.717) is 18.5 Å². The predicted octanol–water partition coefficient (Wildman–Crippen LogP) is 1.56. The SMILES string of the molecule is Cn1ccnc1CN1CCOCC2(CC(CNc3ncccn3)CO2)C1.O=C(O)C(F)(F)F. The highest BCUT2D eigenvalue weighted by molar-refractivity contribution is 5.73. The van der Waals surface area contributed by atoms with Crippen LogP contribution in [0.25, 0.3) is 0 Å². The number of halogens is 3. The van der Waals surface area contributed by atoms with Gasteiger partial charge < -0.3 is 24.5 Å². The van der Waals surface area contributed by atoms with Gasteiger partial charge in [-0.2, -0.15) is 13.2 Å². The first-order valence-electron chi connectivity index (χ1n) is 10.4. The molecule has 0 amide bonds. The topological polar surface area (TPSA) is 115 Å². The summed E-state index contributed by atoms with van der Waals surface area (Å²) < 4.78 is 46.0. The third-order valence-electron chi connectivity index (χ3n) is 5.36.